The van der Waals surface area contributed by atoms with Crippen LogP contribution in [0.1, 0.15) is 30.0 Å². The van der Waals surface area contributed by atoms with Gasteiger partial charge in [0, 0.05) is 17.8 Å². The van der Waals surface area contributed by atoms with Crippen molar-refractivity contribution in [3.8, 4) is 0 Å². The van der Waals surface area contributed by atoms with E-state index in [1.807, 2.05) is 31.2 Å². The fourth-order valence-corrected chi connectivity index (χ4v) is 2.09. The molecule has 1 amide bonds. The highest BCUT2D eigenvalue weighted by Gasteiger charge is 2.37. The number of rotatable bonds is 2. The van der Waals surface area contributed by atoms with E-state index in [-0.39, 0.29) is 17.3 Å². The highest BCUT2D eigenvalue weighted by atomic mass is 16.6. The molecular weight excluding hydrogens is 220 g/mol. The molecule has 1 heterocycles. The van der Waals surface area contributed by atoms with E-state index < -0.39 is 12.1 Å². The van der Waals surface area contributed by atoms with E-state index in [4.69, 9.17) is 0 Å². The van der Waals surface area contributed by atoms with Gasteiger partial charge in [0.15, 0.2) is 0 Å². The first-order valence-electron chi connectivity index (χ1n) is 5.57. The molecule has 1 aromatic carbocycles. The van der Waals surface area contributed by atoms with Crippen molar-refractivity contribution in [2.75, 3.05) is 0 Å². The van der Waals surface area contributed by atoms with Gasteiger partial charge >= 0.3 is 0 Å². The zero-order valence-electron chi connectivity index (χ0n) is 9.55. The van der Waals surface area contributed by atoms with Crippen LogP contribution in [0.2, 0.25) is 0 Å². The van der Waals surface area contributed by atoms with Crippen LogP contribution in [-0.2, 0) is 4.79 Å². The molecule has 0 bridgehead atoms. The Balaban J connectivity index is 2.28. The fourth-order valence-electron chi connectivity index (χ4n) is 2.09. The Morgan fingerprint density at radius 2 is 2.00 bits per heavy atom. The van der Waals surface area contributed by atoms with E-state index in [1.54, 1.807) is 0 Å². The van der Waals surface area contributed by atoms with Gasteiger partial charge in [-0.25, -0.2) is 0 Å². The first-order valence-corrected chi connectivity index (χ1v) is 5.57. The number of benzene rings is 1. The number of hydrogen-bond acceptors (Lipinski definition) is 3. The van der Waals surface area contributed by atoms with Crippen molar-refractivity contribution in [3.05, 3.63) is 45.5 Å². The van der Waals surface area contributed by atoms with Crippen molar-refractivity contribution in [2.24, 2.45) is 0 Å². The monoisotopic (exact) mass is 234 g/mol. The van der Waals surface area contributed by atoms with Gasteiger partial charge in [0.1, 0.15) is 6.04 Å². The van der Waals surface area contributed by atoms with Crippen LogP contribution in [0.25, 0.3) is 0 Å². The molecule has 0 aliphatic carbocycles. The van der Waals surface area contributed by atoms with Gasteiger partial charge in [-0.3, -0.25) is 14.9 Å². The van der Waals surface area contributed by atoms with Crippen molar-refractivity contribution in [1.82, 2.24) is 5.32 Å². The third kappa shape index (κ3) is 2.43. The summed E-state index contributed by atoms with van der Waals surface area (Å²) in [6.45, 7) is 1.95. The number of nitrogens with one attached hydrogen (secondary N) is 1. The number of piperidine rings is 1. The summed E-state index contributed by atoms with van der Waals surface area (Å²) in [6, 6.07) is 6.23. The van der Waals surface area contributed by atoms with Gasteiger partial charge < -0.3 is 5.32 Å². The number of carbonyl (C=O) groups is 1. The smallest absolute Gasteiger partial charge is 0.237 e. The highest BCUT2D eigenvalue weighted by molar-refractivity contribution is 5.77. The second-order valence-corrected chi connectivity index (χ2v) is 4.35. The average Bonchev–Trinajstić information content (AvgIpc) is 2.29. The number of nitro groups is 1. The van der Waals surface area contributed by atoms with Crippen molar-refractivity contribution in [3.63, 3.8) is 0 Å². The molecule has 2 atom stereocenters. The van der Waals surface area contributed by atoms with Crippen molar-refractivity contribution in [1.29, 1.82) is 0 Å². The summed E-state index contributed by atoms with van der Waals surface area (Å²) in [4.78, 5) is 22.0. The summed E-state index contributed by atoms with van der Waals surface area (Å²) >= 11 is 0. The van der Waals surface area contributed by atoms with E-state index in [0.29, 0.717) is 6.42 Å². The largest absolute Gasteiger partial charge is 0.343 e. The molecule has 1 N–H and O–H groups in total. The molecule has 1 aliphatic heterocycles. The van der Waals surface area contributed by atoms with Gasteiger partial charge in [0.05, 0.1) is 0 Å². The predicted molar refractivity (Wildman–Crippen MR) is 62.1 cm³/mol. The molecule has 17 heavy (non-hydrogen) atoms. The number of amides is 1. The third-order valence-corrected chi connectivity index (χ3v) is 3.08. The van der Waals surface area contributed by atoms with Gasteiger partial charge in [-0.1, -0.05) is 29.8 Å². The Bertz CT molecular complexity index is 442. The number of aryl methyl sites for hydroxylation is 1. The number of carbonyl (C=O) groups excluding carboxylic acids is 1. The zero-order valence-corrected chi connectivity index (χ0v) is 9.55. The van der Waals surface area contributed by atoms with Crippen molar-refractivity contribution < 1.29 is 9.72 Å². The first kappa shape index (κ1) is 11.6. The van der Waals surface area contributed by atoms with Crippen molar-refractivity contribution >= 4 is 5.91 Å². The standard InChI is InChI=1S/C12H14N2O3/c1-8-2-4-9(5-3-8)12-10(14(16)17)6-7-11(15)13-12/h2-5,10,12H,6-7H2,1H3,(H,13,15)/t10-,12+/m0/s1. The second-order valence-electron chi connectivity index (χ2n) is 4.35. The molecule has 0 saturated carbocycles. The molecule has 0 unspecified atom stereocenters. The summed E-state index contributed by atoms with van der Waals surface area (Å²) in [5.74, 6) is -0.117. The summed E-state index contributed by atoms with van der Waals surface area (Å²) in [6.07, 6.45) is 0.533. The number of nitrogens with zero attached hydrogens (tertiary/aromatic N) is 1. The van der Waals surface area contributed by atoms with Gasteiger partial charge in [-0.05, 0) is 12.5 Å². The molecule has 0 radical (unpaired) electrons. The van der Waals surface area contributed by atoms with Gasteiger partial charge in [0.25, 0.3) is 0 Å². The topological polar surface area (TPSA) is 72.2 Å². The van der Waals surface area contributed by atoms with E-state index in [0.717, 1.165) is 11.1 Å². The lowest BCUT2D eigenvalue weighted by atomic mass is 9.92. The van der Waals surface area contributed by atoms with Gasteiger partial charge in [0.2, 0.25) is 11.9 Å². The van der Waals surface area contributed by atoms with Crippen LogP contribution in [0.5, 0.6) is 0 Å². The van der Waals surface area contributed by atoms with Crippen LogP contribution in [0.15, 0.2) is 24.3 Å². The Labute approximate surface area is 99.0 Å². The van der Waals surface area contributed by atoms with Crippen LogP contribution in [-0.4, -0.2) is 16.9 Å². The minimum Gasteiger partial charge on any atom is -0.343 e. The van der Waals surface area contributed by atoms with Crippen LogP contribution in [0.4, 0.5) is 0 Å². The minimum absolute atomic E-state index is 0.117. The summed E-state index contributed by atoms with van der Waals surface area (Å²) < 4.78 is 0. The molecule has 5 nitrogen and oxygen atoms in total. The summed E-state index contributed by atoms with van der Waals surface area (Å²) in [5.41, 5.74) is 1.89. The van der Waals surface area contributed by atoms with E-state index in [1.165, 1.54) is 0 Å². The maximum absolute atomic E-state index is 11.3. The normalized spacial score (nSPS) is 24.2. The first-order chi connectivity index (χ1) is 8.08. The van der Waals surface area contributed by atoms with Gasteiger partial charge in [-0.2, -0.15) is 0 Å². The van der Waals surface area contributed by atoms with E-state index in [9.17, 15) is 14.9 Å². The molecule has 5 heteroatoms. The SMILES string of the molecule is Cc1ccc([C@H]2NC(=O)CC[C@@H]2[N+](=O)[O-])cc1. The lowest BCUT2D eigenvalue weighted by molar-refractivity contribution is -0.529. The Kier molecular flexibility index (Phi) is 3.08. The zero-order chi connectivity index (χ0) is 12.4. The summed E-state index contributed by atoms with van der Waals surface area (Å²) in [5, 5.41) is 13.7. The Morgan fingerprint density at radius 1 is 1.35 bits per heavy atom. The van der Waals surface area contributed by atoms with Crippen LogP contribution < -0.4 is 5.32 Å². The number of hydrogen-bond donors (Lipinski definition) is 1. The van der Waals surface area contributed by atoms with Crippen LogP contribution >= 0.6 is 0 Å². The third-order valence-electron chi connectivity index (χ3n) is 3.08. The molecule has 1 aliphatic rings. The summed E-state index contributed by atoms with van der Waals surface area (Å²) in [7, 11) is 0. The predicted octanol–water partition coefficient (Wildman–Crippen LogP) is 1.59. The lowest BCUT2D eigenvalue weighted by Crippen LogP contribution is -2.45. The van der Waals surface area contributed by atoms with Crippen LogP contribution in [0.3, 0.4) is 0 Å². The van der Waals surface area contributed by atoms with Crippen LogP contribution in [0, 0.1) is 17.0 Å². The maximum atomic E-state index is 11.3. The Morgan fingerprint density at radius 3 is 2.59 bits per heavy atom. The minimum atomic E-state index is -0.726. The highest BCUT2D eigenvalue weighted by Crippen LogP contribution is 2.26. The molecule has 1 fully saturated rings. The fraction of sp³-hybridized carbons (Fsp3) is 0.417. The average molecular weight is 234 g/mol. The van der Waals surface area contributed by atoms with Gasteiger partial charge in [-0.15, -0.1) is 0 Å². The maximum Gasteiger partial charge on any atom is 0.237 e. The quantitative estimate of drug-likeness (QED) is 0.624. The molecule has 0 aromatic heterocycles. The molecule has 90 valence electrons. The van der Waals surface area contributed by atoms with Crippen molar-refractivity contribution in [2.45, 2.75) is 31.8 Å². The molecule has 1 aromatic rings. The molecule has 0 spiro atoms. The molecule has 1 saturated heterocycles. The molecule has 2 rings (SSSR count). The van der Waals surface area contributed by atoms with E-state index in [2.05, 4.69) is 5.32 Å². The Hall–Kier alpha value is -1.91. The van der Waals surface area contributed by atoms with E-state index >= 15 is 0 Å². The molecular formula is C12H14N2O3. The lowest BCUT2D eigenvalue weighted by Gasteiger charge is -2.26. The second kappa shape index (κ2) is 4.53.